The van der Waals surface area contributed by atoms with Crippen molar-refractivity contribution in [1.82, 2.24) is 0 Å². The maximum absolute atomic E-state index is 12.9. The van der Waals surface area contributed by atoms with Gasteiger partial charge in [-0.15, -0.1) is 0 Å². The molecule has 0 N–H and O–H groups in total. The van der Waals surface area contributed by atoms with Crippen LogP contribution in [0, 0.1) is 0 Å². The van der Waals surface area contributed by atoms with Gasteiger partial charge in [0.1, 0.15) is 13.2 Å². The summed E-state index contributed by atoms with van der Waals surface area (Å²) < 4.78 is 16.9. The van der Waals surface area contributed by atoms with Crippen LogP contribution in [0.4, 0.5) is 0 Å². The van der Waals surface area contributed by atoms with Gasteiger partial charge in [-0.05, 0) is 57.8 Å². The maximum Gasteiger partial charge on any atom is 0.306 e. The Kier molecular flexibility index (Phi) is 62.2. The van der Waals surface area contributed by atoms with Gasteiger partial charge in [0.05, 0.1) is 0 Å². The van der Waals surface area contributed by atoms with Crippen LogP contribution in [0.15, 0.2) is 60.8 Å². The lowest BCUT2D eigenvalue weighted by Gasteiger charge is -2.18. The van der Waals surface area contributed by atoms with Gasteiger partial charge in [0.2, 0.25) is 0 Å². The molecule has 0 saturated heterocycles. The molecule has 0 aromatic rings. The summed E-state index contributed by atoms with van der Waals surface area (Å²) in [6.45, 7) is 6.54. The zero-order chi connectivity index (χ0) is 55.0. The van der Waals surface area contributed by atoms with Gasteiger partial charge in [-0.2, -0.15) is 0 Å². The highest BCUT2D eigenvalue weighted by Gasteiger charge is 2.19. The summed E-state index contributed by atoms with van der Waals surface area (Å²) in [6.07, 6.45) is 82.5. The second-order valence-corrected chi connectivity index (χ2v) is 22.4. The van der Waals surface area contributed by atoms with Crippen LogP contribution in [0.25, 0.3) is 0 Å². The SMILES string of the molecule is CC/C=C\C/C=C\C/C=C\C/C=C\C/C=C\CCCC(=O)OCC(COC(=O)CCCCCCCCCCCCCCCCCCCCCCCCC)OC(=O)CCCCCCCCCCCCCCCCCCCC. The second kappa shape index (κ2) is 64.6. The van der Waals surface area contributed by atoms with Crippen molar-refractivity contribution in [3.63, 3.8) is 0 Å². The van der Waals surface area contributed by atoms with Crippen LogP contribution in [-0.2, 0) is 28.6 Å². The molecule has 0 bridgehead atoms. The molecule has 0 saturated carbocycles. The van der Waals surface area contributed by atoms with Gasteiger partial charge in [-0.1, -0.05) is 332 Å². The van der Waals surface area contributed by atoms with E-state index in [1.165, 1.54) is 225 Å². The van der Waals surface area contributed by atoms with Gasteiger partial charge in [-0.25, -0.2) is 0 Å². The van der Waals surface area contributed by atoms with Gasteiger partial charge in [0.15, 0.2) is 6.10 Å². The van der Waals surface area contributed by atoms with Crippen molar-refractivity contribution in [2.45, 2.75) is 354 Å². The van der Waals surface area contributed by atoms with Crippen LogP contribution in [0.2, 0.25) is 0 Å². The molecular formula is C70H126O6. The molecule has 0 amide bonds. The lowest BCUT2D eigenvalue weighted by Crippen LogP contribution is -2.30. The summed E-state index contributed by atoms with van der Waals surface area (Å²) >= 11 is 0. The number of hydrogen-bond acceptors (Lipinski definition) is 6. The zero-order valence-corrected chi connectivity index (χ0v) is 50.8. The van der Waals surface area contributed by atoms with Crippen molar-refractivity contribution in [2.24, 2.45) is 0 Å². The molecule has 1 unspecified atom stereocenters. The fraction of sp³-hybridized carbons (Fsp3) is 0.814. The van der Waals surface area contributed by atoms with Crippen molar-refractivity contribution in [1.29, 1.82) is 0 Å². The van der Waals surface area contributed by atoms with Gasteiger partial charge in [0.25, 0.3) is 0 Å². The van der Waals surface area contributed by atoms with Gasteiger partial charge in [0, 0.05) is 19.3 Å². The third-order valence-corrected chi connectivity index (χ3v) is 14.8. The van der Waals surface area contributed by atoms with E-state index >= 15 is 0 Å². The third kappa shape index (κ3) is 62.0. The largest absolute Gasteiger partial charge is 0.462 e. The van der Waals surface area contributed by atoms with E-state index in [1.54, 1.807) is 0 Å². The molecule has 0 aliphatic carbocycles. The smallest absolute Gasteiger partial charge is 0.306 e. The molecule has 6 heteroatoms. The van der Waals surface area contributed by atoms with E-state index in [4.69, 9.17) is 14.2 Å². The van der Waals surface area contributed by atoms with Crippen LogP contribution < -0.4 is 0 Å². The molecule has 0 fully saturated rings. The van der Waals surface area contributed by atoms with E-state index in [1.807, 2.05) is 0 Å². The standard InChI is InChI=1S/C70H126O6/c1-4-7-10-13-16-19-22-25-28-31-33-34-35-36-37-40-42-45-48-51-54-57-60-63-69(72)75-66-67(65-74-68(71)62-59-56-53-50-47-44-41-38-30-27-24-21-18-15-12-9-6-3)76-70(73)64-61-58-55-52-49-46-43-39-32-29-26-23-20-17-14-11-8-5-2/h9,12,18,21,27,30,41,44,50,53,67H,4-8,10-11,13-17,19-20,22-26,28-29,31-40,42-43,45-49,51-52,54-66H2,1-3H3/b12-9-,21-18-,30-27-,44-41-,53-50-. The molecule has 0 aliphatic rings. The Balaban J connectivity index is 4.35. The van der Waals surface area contributed by atoms with E-state index in [2.05, 4.69) is 81.5 Å². The Labute approximate surface area is 472 Å². The fourth-order valence-electron chi connectivity index (χ4n) is 9.84. The minimum atomic E-state index is -0.795. The van der Waals surface area contributed by atoms with E-state index in [0.29, 0.717) is 19.3 Å². The Hall–Kier alpha value is -2.89. The summed E-state index contributed by atoms with van der Waals surface area (Å²) in [5.74, 6) is -0.925. The zero-order valence-electron chi connectivity index (χ0n) is 50.8. The molecule has 0 heterocycles. The molecule has 6 nitrogen and oxygen atoms in total. The van der Waals surface area contributed by atoms with Crippen molar-refractivity contribution in [3.05, 3.63) is 60.8 Å². The molecule has 0 spiro atoms. The van der Waals surface area contributed by atoms with Crippen molar-refractivity contribution >= 4 is 17.9 Å². The first-order valence-electron chi connectivity index (χ1n) is 33.3. The van der Waals surface area contributed by atoms with Crippen molar-refractivity contribution in [3.8, 4) is 0 Å². The number of carbonyl (C=O) groups is 3. The lowest BCUT2D eigenvalue weighted by molar-refractivity contribution is -0.167. The quantitative estimate of drug-likeness (QED) is 0.0261. The summed E-state index contributed by atoms with van der Waals surface area (Å²) in [4.78, 5) is 38.3. The second-order valence-electron chi connectivity index (χ2n) is 22.4. The van der Waals surface area contributed by atoms with Crippen LogP contribution >= 0.6 is 0 Å². The summed E-state index contributed by atoms with van der Waals surface area (Å²) in [5, 5.41) is 0. The highest BCUT2D eigenvalue weighted by atomic mass is 16.6. The first-order valence-corrected chi connectivity index (χ1v) is 33.3. The lowest BCUT2D eigenvalue weighted by atomic mass is 10.0. The monoisotopic (exact) mass is 1060 g/mol. The van der Waals surface area contributed by atoms with Gasteiger partial charge < -0.3 is 14.2 Å². The van der Waals surface area contributed by atoms with E-state index in [-0.39, 0.29) is 37.5 Å². The Morgan fingerprint density at radius 3 is 0.803 bits per heavy atom. The summed E-state index contributed by atoms with van der Waals surface area (Å²) in [7, 11) is 0. The summed E-state index contributed by atoms with van der Waals surface area (Å²) in [6, 6.07) is 0. The molecule has 0 aromatic carbocycles. The molecule has 0 radical (unpaired) electrons. The third-order valence-electron chi connectivity index (χ3n) is 14.8. The highest BCUT2D eigenvalue weighted by Crippen LogP contribution is 2.18. The summed E-state index contributed by atoms with van der Waals surface area (Å²) in [5.41, 5.74) is 0. The molecular weight excluding hydrogens is 937 g/mol. The van der Waals surface area contributed by atoms with Crippen molar-refractivity contribution < 1.29 is 28.6 Å². The number of ether oxygens (including phenoxy) is 3. The molecule has 0 rings (SSSR count). The van der Waals surface area contributed by atoms with E-state index < -0.39 is 6.10 Å². The van der Waals surface area contributed by atoms with Crippen LogP contribution in [0.5, 0.6) is 0 Å². The molecule has 0 aliphatic heterocycles. The van der Waals surface area contributed by atoms with Gasteiger partial charge >= 0.3 is 17.9 Å². The first-order chi connectivity index (χ1) is 37.5. The predicted molar refractivity (Wildman–Crippen MR) is 330 cm³/mol. The van der Waals surface area contributed by atoms with Crippen molar-refractivity contribution in [2.75, 3.05) is 13.2 Å². The topological polar surface area (TPSA) is 78.9 Å². The Morgan fingerprint density at radius 1 is 0.276 bits per heavy atom. The number of rotatable bonds is 61. The molecule has 442 valence electrons. The maximum atomic E-state index is 12.9. The van der Waals surface area contributed by atoms with Crippen LogP contribution in [0.1, 0.15) is 348 Å². The predicted octanol–water partition coefficient (Wildman–Crippen LogP) is 22.7. The highest BCUT2D eigenvalue weighted by molar-refractivity contribution is 5.71. The molecule has 1 atom stereocenters. The molecule has 0 aromatic heterocycles. The minimum absolute atomic E-state index is 0.0869. The fourth-order valence-corrected chi connectivity index (χ4v) is 9.84. The number of allylic oxidation sites excluding steroid dienone is 10. The van der Waals surface area contributed by atoms with E-state index in [9.17, 15) is 14.4 Å². The number of hydrogen-bond donors (Lipinski definition) is 0. The first kappa shape index (κ1) is 73.1. The Morgan fingerprint density at radius 2 is 0.513 bits per heavy atom. The normalized spacial score (nSPS) is 12.4. The average molecular weight is 1060 g/mol. The number of esters is 3. The van der Waals surface area contributed by atoms with Gasteiger partial charge in [-0.3, -0.25) is 14.4 Å². The minimum Gasteiger partial charge on any atom is -0.462 e. The Bertz CT molecular complexity index is 1360. The van der Waals surface area contributed by atoms with E-state index in [0.717, 1.165) is 77.0 Å². The van der Waals surface area contributed by atoms with Crippen LogP contribution in [0.3, 0.4) is 0 Å². The number of unbranched alkanes of at least 4 members (excludes halogenated alkanes) is 40. The van der Waals surface area contributed by atoms with Crippen LogP contribution in [-0.4, -0.2) is 37.2 Å². The number of carbonyl (C=O) groups excluding carboxylic acids is 3. The average Bonchev–Trinajstić information content (AvgIpc) is 3.42. The molecule has 76 heavy (non-hydrogen) atoms.